The van der Waals surface area contributed by atoms with Crippen LogP contribution in [-0.2, 0) is 0 Å². The third kappa shape index (κ3) is 5.51. The molecule has 0 atom stereocenters. The summed E-state index contributed by atoms with van der Waals surface area (Å²) in [4.78, 5) is 19.1. The van der Waals surface area contributed by atoms with Gasteiger partial charge in [-0.1, -0.05) is 103 Å². The Hall–Kier alpha value is -6.72. The molecule has 0 amide bonds. The summed E-state index contributed by atoms with van der Waals surface area (Å²) in [6.45, 7) is 0.777. The molecule has 5 heterocycles. The molecule has 4 aromatic heterocycles. The highest BCUT2D eigenvalue weighted by atomic mass is 14.9. The van der Waals surface area contributed by atoms with Crippen molar-refractivity contribution < 1.29 is 0 Å². The van der Waals surface area contributed by atoms with Gasteiger partial charge in [0, 0.05) is 46.9 Å². The molecule has 1 N–H and O–H groups in total. The first-order valence-electron chi connectivity index (χ1n) is 16.8. The fourth-order valence-corrected chi connectivity index (χ4v) is 6.80. The van der Waals surface area contributed by atoms with Gasteiger partial charge in [-0.2, -0.15) is 0 Å². The number of rotatable bonds is 6. The SMILES string of the molecule is C1=CCNC(c2cc(-c3ccc(-c4ccc5c(c4)nc(-c4ccncc4)c4cccc(-c6ccccc6)c45)cc3)cc(-c3ccccn3)n2)=C1. The summed E-state index contributed by atoms with van der Waals surface area (Å²) in [5, 5.41) is 6.91. The van der Waals surface area contributed by atoms with Gasteiger partial charge in [-0.15, -0.1) is 0 Å². The highest BCUT2D eigenvalue weighted by Crippen LogP contribution is 2.40. The lowest BCUT2D eigenvalue weighted by molar-refractivity contribution is 0.981. The number of hydrogen-bond acceptors (Lipinski definition) is 5. The molecule has 9 rings (SSSR count). The fourth-order valence-electron chi connectivity index (χ4n) is 6.80. The number of nitrogens with zero attached hydrogens (tertiary/aromatic N) is 4. The van der Waals surface area contributed by atoms with Gasteiger partial charge in [-0.25, -0.2) is 9.97 Å². The number of benzene rings is 4. The van der Waals surface area contributed by atoms with Crippen molar-refractivity contribution in [3.8, 4) is 56.0 Å². The zero-order valence-electron chi connectivity index (χ0n) is 27.2. The average Bonchev–Trinajstić information content (AvgIpc) is 3.21. The molecule has 4 aromatic carbocycles. The summed E-state index contributed by atoms with van der Waals surface area (Å²) in [5.41, 5.74) is 13.3. The first-order valence-corrected chi connectivity index (χ1v) is 16.8. The van der Waals surface area contributed by atoms with Crippen LogP contribution in [0.25, 0.3) is 83.4 Å². The third-order valence-corrected chi connectivity index (χ3v) is 9.25. The molecule has 5 nitrogen and oxygen atoms in total. The summed E-state index contributed by atoms with van der Waals surface area (Å²) in [6, 6.07) is 46.8. The molecular weight excluding hydrogens is 611 g/mol. The van der Waals surface area contributed by atoms with Crippen LogP contribution in [0, 0.1) is 0 Å². The molecule has 1 aliphatic rings. The predicted molar refractivity (Wildman–Crippen MR) is 205 cm³/mol. The standard InChI is InChI=1S/C45H31N5/c1-2-9-32(10-3-1)36-11-8-12-38-44(36)37-20-19-34(27-41(37)50-45(38)33-21-25-46-26-22-33)30-15-17-31(18-16-30)35-28-42(39-13-4-6-23-47-39)49-43(29-35)40-14-5-7-24-48-40/h1-23,25-29,48H,24H2. The topological polar surface area (TPSA) is 63.6 Å². The normalized spacial score (nSPS) is 12.5. The van der Waals surface area contributed by atoms with Gasteiger partial charge in [0.05, 0.1) is 34.0 Å². The van der Waals surface area contributed by atoms with E-state index in [0.29, 0.717) is 0 Å². The van der Waals surface area contributed by atoms with Gasteiger partial charge in [0.1, 0.15) is 0 Å². The molecule has 1 aliphatic heterocycles. The summed E-state index contributed by atoms with van der Waals surface area (Å²) in [5.74, 6) is 0. The van der Waals surface area contributed by atoms with Crippen molar-refractivity contribution in [2.45, 2.75) is 0 Å². The number of aromatic nitrogens is 4. The molecule has 0 saturated heterocycles. The number of allylic oxidation sites excluding steroid dienone is 2. The van der Waals surface area contributed by atoms with E-state index in [2.05, 4.69) is 137 Å². The van der Waals surface area contributed by atoms with E-state index in [-0.39, 0.29) is 0 Å². The summed E-state index contributed by atoms with van der Waals surface area (Å²) < 4.78 is 0. The molecule has 236 valence electrons. The van der Waals surface area contributed by atoms with Crippen molar-refractivity contribution in [2.24, 2.45) is 0 Å². The first kappa shape index (κ1) is 29.4. The largest absolute Gasteiger partial charge is 0.380 e. The van der Waals surface area contributed by atoms with E-state index in [1.54, 1.807) is 0 Å². The average molecular weight is 642 g/mol. The van der Waals surface area contributed by atoms with Crippen LogP contribution in [0.15, 0.2) is 170 Å². The molecule has 50 heavy (non-hydrogen) atoms. The molecule has 5 heteroatoms. The third-order valence-electron chi connectivity index (χ3n) is 9.25. The number of pyridine rings is 4. The van der Waals surface area contributed by atoms with Crippen LogP contribution in [0.1, 0.15) is 5.69 Å². The number of nitrogens with one attached hydrogen (secondary N) is 1. The van der Waals surface area contributed by atoms with Crippen molar-refractivity contribution in [1.29, 1.82) is 0 Å². The Morgan fingerprint density at radius 3 is 2.06 bits per heavy atom. The lowest BCUT2D eigenvalue weighted by Crippen LogP contribution is -2.15. The Morgan fingerprint density at radius 1 is 0.500 bits per heavy atom. The van der Waals surface area contributed by atoms with Crippen molar-refractivity contribution in [2.75, 3.05) is 6.54 Å². The quantitative estimate of drug-likeness (QED) is 0.183. The number of fused-ring (bicyclic) bond motifs is 3. The minimum Gasteiger partial charge on any atom is -0.380 e. The summed E-state index contributed by atoms with van der Waals surface area (Å²) in [7, 11) is 0. The zero-order chi connectivity index (χ0) is 33.3. The Bertz CT molecular complexity index is 2560. The second-order valence-corrected chi connectivity index (χ2v) is 12.3. The van der Waals surface area contributed by atoms with E-state index in [9.17, 15) is 0 Å². The van der Waals surface area contributed by atoms with Gasteiger partial charge >= 0.3 is 0 Å². The van der Waals surface area contributed by atoms with Gasteiger partial charge in [-0.3, -0.25) is 9.97 Å². The fraction of sp³-hybridized carbons (Fsp3) is 0.0222. The van der Waals surface area contributed by atoms with Crippen LogP contribution in [0.5, 0.6) is 0 Å². The molecule has 0 radical (unpaired) electrons. The molecule has 0 fully saturated rings. The van der Waals surface area contributed by atoms with Crippen molar-refractivity contribution in [3.63, 3.8) is 0 Å². The highest BCUT2D eigenvalue weighted by Gasteiger charge is 2.16. The van der Waals surface area contributed by atoms with Gasteiger partial charge < -0.3 is 5.32 Å². The van der Waals surface area contributed by atoms with E-state index in [0.717, 1.165) is 79.1 Å². The maximum absolute atomic E-state index is 5.30. The van der Waals surface area contributed by atoms with Crippen LogP contribution in [-0.4, -0.2) is 26.5 Å². The van der Waals surface area contributed by atoms with Crippen LogP contribution in [0.4, 0.5) is 0 Å². The van der Waals surface area contributed by atoms with Gasteiger partial charge in [0.15, 0.2) is 0 Å². The highest BCUT2D eigenvalue weighted by molar-refractivity contribution is 6.17. The Kier molecular flexibility index (Phi) is 7.48. The summed E-state index contributed by atoms with van der Waals surface area (Å²) in [6.07, 6.45) is 11.7. The molecule has 8 aromatic rings. The number of hydrogen-bond donors (Lipinski definition) is 1. The Labute approximate surface area is 290 Å². The monoisotopic (exact) mass is 641 g/mol. The minimum absolute atomic E-state index is 0.777. The lowest BCUT2D eigenvalue weighted by Gasteiger charge is -2.15. The smallest absolute Gasteiger partial charge is 0.0900 e. The van der Waals surface area contributed by atoms with E-state index in [1.165, 1.54) is 16.5 Å². The van der Waals surface area contributed by atoms with Gasteiger partial charge in [0.25, 0.3) is 0 Å². The van der Waals surface area contributed by atoms with Crippen LogP contribution < -0.4 is 5.32 Å². The summed E-state index contributed by atoms with van der Waals surface area (Å²) >= 11 is 0. The van der Waals surface area contributed by atoms with Crippen LogP contribution >= 0.6 is 0 Å². The second kappa shape index (κ2) is 12.7. The Morgan fingerprint density at radius 2 is 1.28 bits per heavy atom. The molecule has 0 spiro atoms. The second-order valence-electron chi connectivity index (χ2n) is 12.3. The Balaban J connectivity index is 1.15. The van der Waals surface area contributed by atoms with E-state index >= 15 is 0 Å². The van der Waals surface area contributed by atoms with Crippen molar-refractivity contribution in [3.05, 3.63) is 176 Å². The molecule has 0 saturated carbocycles. The van der Waals surface area contributed by atoms with Gasteiger partial charge in [-0.05, 0) is 81.9 Å². The number of dihydropyridines is 1. The van der Waals surface area contributed by atoms with E-state index < -0.39 is 0 Å². The molecule has 0 bridgehead atoms. The molecule has 0 aliphatic carbocycles. The first-order chi connectivity index (χ1) is 24.8. The van der Waals surface area contributed by atoms with E-state index in [1.807, 2.05) is 48.9 Å². The van der Waals surface area contributed by atoms with E-state index in [4.69, 9.17) is 9.97 Å². The minimum atomic E-state index is 0.777. The lowest BCUT2D eigenvalue weighted by atomic mass is 9.92. The zero-order valence-corrected chi connectivity index (χ0v) is 27.2. The van der Waals surface area contributed by atoms with Crippen LogP contribution in [0.2, 0.25) is 0 Å². The molecular formula is C45H31N5. The van der Waals surface area contributed by atoms with Gasteiger partial charge in [0.2, 0.25) is 0 Å². The maximum Gasteiger partial charge on any atom is 0.0900 e. The van der Waals surface area contributed by atoms with Crippen molar-refractivity contribution in [1.82, 2.24) is 25.3 Å². The predicted octanol–water partition coefficient (Wildman–Crippen LogP) is 10.4. The maximum atomic E-state index is 5.30. The van der Waals surface area contributed by atoms with Crippen LogP contribution in [0.3, 0.4) is 0 Å². The molecule has 0 unspecified atom stereocenters. The van der Waals surface area contributed by atoms with Crippen molar-refractivity contribution >= 4 is 27.4 Å².